The third kappa shape index (κ3) is 5.14. The van der Waals surface area contributed by atoms with E-state index in [-0.39, 0.29) is 23.0 Å². The van der Waals surface area contributed by atoms with Crippen molar-refractivity contribution in [3.8, 4) is 11.5 Å². The lowest BCUT2D eigenvalue weighted by atomic mass is 9.98. The molecule has 9 nitrogen and oxygen atoms in total. The number of esters is 2. The quantitative estimate of drug-likeness (QED) is 0.570. The van der Waals surface area contributed by atoms with Crippen LogP contribution in [-0.2, 0) is 16.0 Å². The summed E-state index contributed by atoms with van der Waals surface area (Å²) < 4.78 is 20.4. The maximum atomic E-state index is 13.5. The number of carbonyl (C=O) groups excluding carboxylic acids is 3. The molecule has 1 fully saturated rings. The summed E-state index contributed by atoms with van der Waals surface area (Å²) in [5.41, 5.74) is 2.51. The van der Waals surface area contributed by atoms with E-state index in [1.165, 1.54) is 34.5 Å². The summed E-state index contributed by atoms with van der Waals surface area (Å²) >= 11 is 0. The molecule has 0 N–H and O–H groups in total. The van der Waals surface area contributed by atoms with Crippen molar-refractivity contribution < 1.29 is 33.3 Å². The van der Waals surface area contributed by atoms with Crippen molar-refractivity contribution in [3.05, 3.63) is 58.1 Å². The lowest BCUT2D eigenvalue weighted by Crippen LogP contribution is -2.48. The largest absolute Gasteiger partial charge is 0.493 e. The number of piperazine rings is 1. The number of benzene rings is 2. The Morgan fingerprint density at radius 2 is 1.47 bits per heavy atom. The van der Waals surface area contributed by atoms with Crippen LogP contribution in [0.5, 0.6) is 11.5 Å². The zero-order valence-electron chi connectivity index (χ0n) is 20.2. The Labute approximate surface area is 199 Å². The number of amides is 1. The van der Waals surface area contributed by atoms with Crippen LogP contribution in [0.3, 0.4) is 0 Å². The molecule has 0 radical (unpaired) electrons. The molecule has 0 saturated carbocycles. The molecule has 0 spiro atoms. The van der Waals surface area contributed by atoms with Crippen LogP contribution in [0.15, 0.2) is 30.3 Å². The summed E-state index contributed by atoms with van der Waals surface area (Å²) in [7, 11) is 5.60. The van der Waals surface area contributed by atoms with Gasteiger partial charge in [-0.2, -0.15) is 0 Å². The van der Waals surface area contributed by atoms with E-state index in [4.69, 9.17) is 18.9 Å². The first-order valence-corrected chi connectivity index (χ1v) is 10.9. The van der Waals surface area contributed by atoms with Gasteiger partial charge in [0.25, 0.3) is 5.91 Å². The van der Waals surface area contributed by atoms with E-state index in [0.717, 1.165) is 5.56 Å². The molecule has 1 saturated heterocycles. The average Bonchev–Trinajstić information content (AvgIpc) is 2.87. The first-order chi connectivity index (χ1) is 16.3. The molecular weight excluding hydrogens is 440 g/mol. The van der Waals surface area contributed by atoms with Gasteiger partial charge in [0.2, 0.25) is 0 Å². The van der Waals surface area contributed by atoms with Crippen LogP contribution >= 0.6 is 0 Å². The van der Waals surface area contributed by atoms with E-state index < -0.39 is 5.97 Å². The summed E-state index contributed by atoms with van der Waals surface area (Å²) in [6.07, 6.45) is 0. The Balaban J connectivity index is 1.74. The number of nitrogens with zero attached hydrogens (tertiary/aromatic N) is 2. The van der Waals surface area contributed by atoms with E-state index in [1.54, 1.807) is 24.0 Å². The second kappa shape index (κ2) is 11.0. The molecule has 0 aromatic heterocycles. The number of hydrogen-bond acceptors (Lipinski definition) is 8. The van der Waals surface area contributed by atoms with Crippen molar-refractivity contribution in [1.82, 2.24) is 9.80 Å². The van der Waals surface area contributed by atoms with Gasteiger partial charge in [0.1, 0.15) is 0 Å². The molecule has 1 amide bonds. The smallest absolute Gasteiger partial charge is 0.338 e. The van der Waals surface area contributed by atoms with Gasteiger partial charge >= 0.3 is 11.9 Å². The normalized spacial score (nSPS) is 13.9. The van der Waals surface area contributed by atoms with Gasteiger partial charge in [0.05, 0.1) is 45.1 Å². The fourth-order valence-corrected chi connectivity index (χ4v) is 4.11. The van der Waals surface area contributed by atoms with Gasteiger partial charge in [-0.25, -0.2) is 9.59 Å². The molecule has 0 aliphatic carbocycles. The number of hydrogen-bond donors (Lipinski definition) is 0. The Kier molecular flexibility index (Phi) is 8.12. The summed E-state index contributed by atoms with van der Waals surface area (Å²) in [4.78, 5) is 41.5. The Bertz CT molecular complexity index is 1060. The van der Waals surface area contributed by atoms with Gasteiger partial charge in [-0.15, -0.1) is 0 Å². The van der Waals surface area contributed by atoms with Crippen molar-refractivity contribution in [3.63, 3.8) is 0 Å². The Hall–Kier alpha value is -3.59. The lowest BCUT2D eigenvalue weighted by molar-refractivity contribution is 0.0569. The van der Waals surface area contributed by atoms with E-state index in [9.17, 15) is 14.4 Å². The molecule has 34 heavy (non-hydrogen) atoms. The van der Waals surface area contributed by atoms with Crippen molar-refractivity contribution in [1.29, 1.82) is 0 Å². The van der Waals surface area contributed by atoms with Gasteiger partial charge in [-0.05, 0) is 30.7 Å². The predicted octanol–water partition coefficient (Wildman–Crippen LogP) is 2.54. The Morgan fingerprint density at radius 3 is 2.00 bits per heavy atom. The summed E-state index contributed by atoms with van der Waals surface area (Å²) in [5.74, 6) is -0.453. The first-order valence-electron chi connectivity index (χ1n) is 10.9. The number of rotatable bonds is 7. The van der Waals surface area contributed by atoms with Crippen LogP contribution in [0, 0.1) is 6.92 Å². The molecule has 1 aliphatic rings. The highest BCUT2D eigenvalue weighted by atomic mass is 16.5. The first kappa shape index (κ1) is 25.0. The summed E-state index contributed by atoms with van der Waals surface area (Å²) in [5, 5.41) is 0. The minimum absolute atomic E-state index is 0.149. The Morgan fingerprint density at radius 1 is 0.853 bits per heavy atom. The van der Waals surface area contributed by atoms with Crippen molar-refractivity contribution >= 4 is 17.8 Å². The van der Waals surface area contributed by atoms with E-state index in [2.05, 4.69) is 4.90 Å². The lowest BCUT2D eigenvalue weighted by Gasteiger charge is -2.35. The van der Waals surface area contributed by atoms with Crippen molar-refractivity contribution in [2.24, 2.45) is 0 Å². The number of carbonyl (C=O) groups is 3. The van der Waals surface area contributed by atoms with Crippen molar-refractivity contribution in [2.75, 3.05) is 54.6 Å². The van der Waals surface area contributed by atoms with Crippen LogP contribution in [0.2, 0.25) is 0 Å². The molecule has 0 unspecified atom stereocenters. The molecule has 1 heterocycles. The molecule has 2 aromatic rings. The topological polar surface area (TPSA) is 94.6 Å². The molecule has 1 aliphatic heterocycles. The zero-order chi connectivity index (χ0) is 24.8. The SMILES string of the molecule is COC(=O)c1ccc(CN2CCN(C(=O)c3c(C(=O)OC)cc(OC)c(OC)c3C)CC2)cc1. The van der Waals surface area contributed by atoms with Crippen LogP contribution in [0.1, 0.15) is 42.2 Å². The standard InChI is InChI=1S/C25H30N2O7/c1-16-21(19(25(30)34-5)14-20(31-2)22(16)32-3)23(28)27-12-10-26(11-13-27)15-17-6-8-18(9-7-17)24(29)33-4/h6-9,14H,10-13,15H2,1-5H3. The second-order valence-corrected chi connectivity index (χ2v) is 7.91. The molecule has 3 rings (SSSR count). The highest BCUT2D eigenvalue weighted by Crippen LogP contribution is 2.36. The van der Waals surface area contributed by atoms with Gasteiger partial charge in [0, 0.05) is 38.3 Å². The highest BCUT2D eigenvalue weighted by molar-refractivity contribution is 6.07. The van der Waals surface area contributed by atoms with Crippen LogP contribution in [0.4, 0.5) is 0 Å². The fraction of sp³-hybridized carbons (Fsp3) is 0.400. The maximum absolute atomic E-state index is 13.5. The van der Waals surface area contributed by atoms with E-state index >= 15 is 0 Å². The van der Waals surface area contributed by atoms with Gasteiger partial charge in [-0.1, -0.05) is 12.1 Å². The predicted molar refractivity (Wildman–Crippen MR) is 125 cm³/mol. The molecule has 0 atom stereocenters. The third-order valence-electron chi connectivity index (χ3n) is 5.97. The number of ether oxygens (including phenoxy) is 4. The fourth-order valence-electron chi connectivity index (χ4n) is 4.11. The minimum Gasteiger partial charge on any atom is -0.493 e. The highest BCUT2D eigenvalue weighted by Gasteiger charge is 2.30. The van der Waals surface area contributed by atoms with E-state index in [0.29, 0.717) is 55.3 Å². The van der Waals surface area contributed by atoms with Gasteiger partial charge in [-0.3, -0.25) is 9.69 Å². The van der Waals surface area contributed by atoms with Gasteiger partial charge < -0.3 is 23.8 Å². The van der Waals surface area contributed by atoms with Crippen LogP contribution in [0.25, 0.3) is 0 Å². The maximum Gasteiger partial charge on any atom is 0.338 e. The summed E-state index contributed by atoms with van der Waals surface area (Å²) in [6.45, 7) is 4.79. The van der Waals surface area contributed by atoms with Gasteiger partial charge in [0.15, 0.2) is 11.5 Å². The van der Waals surface area contributed by atoms with E-state index in [1.807, 2.05) is 12.1 Å². The molecule has 2 aromatic carbocycles. The van der Waals surface area contributed by atoms with Crippen LogP contribution < -0.4 is 9.47 Å². The molecule has 9 heteroatoms. The number of methoxy groups -OCH3 is 4. The monoisotopic (exact) mass is 470 g/mol. The molecule has 182 valence electrons. The molecule has 0 bridgehead atoms. The minimum atomic E-state index is -0.610. The van der Waals surface area contributed by atoms with Crippen molar-refractivity contribution in [2.45, 2.75) is 13.5 Å². The molecular formula is C25H30N2O7. The zero-order valence-corrected chi connectivity index (χ0v) is 20.2. The summed E-state index contributed by atoms with van der Waals surface area (Å²) in [6, 6.07) is 8.78. The average molecular weight is 471 g/mol. The third-order valence-corrected chi connectivity index (χ3v) is 5.97. The van der Waals surface area contributed by atoms with Crippen LogP contribution in [-0.4, -0.2) is 82.3 Å². The second-order valence-electron chi connectivity index (χ2n) is 7.91.